The van der Waals surface area contributed by atoms with Gasteiger partial charge in [0.05, 0.1) is 30.9 Å². The Morgan fingerprint density at radius 1 is 1.27 bits per heavy atom. The van der Waals surface area contributed by atoms with E-state index in [1.807, 2.05) is 30.3 Å². The van der Waals surface area contributed by atoms with Crippen LogP contribution in [0.15, 0.2) is 40.8 Å². The quantitative estimate of drug-likeness (QED) is 0.934. The first kappa shape index (κ1) is 14.8. The number of morpholine rings is 1. The Hall–Kier alpha value is -2.13. The van der Waals surface area contributed by atoms with E-state index >= 15 is 0 Å². The predicted octanol–water partition coefficient (Wildman–Crippen LogP) is 1.98. The first-order valence-corrected chi connectivity index (χ1v) is 7.42. The van der Waals surface area contributed by atoms with Crippen molar-refractivity contribution in [1.29, 1.82) is 5.26 Å². The molecule has 5 heteroatoms. The minimum Gasteiger partial charge on any atom is -0.460 e. The molecular weight excluding hydrogens is 278 g/mol. The van der Waals surface area contributed by atoms with Gasteiger partial charge in [-0.1, -0.05) is 12.1 Å². The highest BCUT2D eigenvalue weighted by Gasteiger charge is 2.20. The minimum atomic E-state index is 0.0995. The van der Waals surface area contributed by atoms with Gasteiger partial charge in [0.1, 0.15) is 11.5 Å². The van der Waals surface area contributed by atoms with Gasteiger partial charge in [-0.15, -0.1) is 0 Å². The second-order valence-electron chi connectivity index (χ2n) is 5.39. The smallest absolute Gasteiger partial charge is 0.135 e. The van der Waals surface area contributed by atoms with Gasteiger partial charge in [0.15, 0.2) is 0 Å². The third-order valence-electron chi connectivity index (χ3n) is 3.84. The highest BCUT2D eigenvalue weighted by atomic mass is 16.5. The van der Waals surface area contributed by atoms with Crippen molar-refractivity contribution in [3.05, 3.63) is 47.7 Å². The van der Waals surface area contributed by atoms with Crippen LogP contribution in [0.1, 0.15) is 11.3 Å². The maximum absolute atomic E-state index is 9.18. The van der Waals surface area contributed by atoms with Crippen LogP contribution >= 0.6 is 0 Å². The van der Waals surface area contributed by atoms with Crippen molar-refractivity contribution < 1.29 is 9.15 Å². The molecule has 0 radical (unpaired) electrons. The monoisotopic (exact) mass is 297 g/mol. The molecular formula is C17H19N3O2. The number of hydrogen-bond donors (Lipinski definition) is 1. The van der Waals surface area contributed by atoms with Crippen molar-refractivity contribution in [1.82, 2.24) is 4.90 Å². The number of furan rings is 1. The molecule has 22 heavy (non-hydrogen) atoms. The van der Waals surface area contributed by atoms with Gasteiger partial charge in [-0.2, -0.15) is 5.26 Å². The van der Waals surface area contributed by atoms with Crippen LogP contribution in [0.25, 0.3) is 11.3 Å². The zero-order valence-corrected chi connectivity index (χ0v) is 12.4. The fraction of sp³-hybridized carbons (Fsp3) is 0.353. The van der Waals surface area contributed by atoms with Crippen molar-refractivity contribution in [3.8, 4) is 17.4 Å². The first-order valence-electron chi connectivity index (χ1n) is 7.42. The van der Waals surface area contributed by atoms with Crippen LogP contribution < -0.4 is 5.73 Å². The third-order valence-corrected chi connectivity index (χ3v) is 3.84. The van der Waals surface area contributed by atoms with Crippen molar-refractivity contribution in [2.75, 3.05) is 26.2 Å². The Balaban J connectivity index is 1.73. The molecule has 1 fully saturated rings. The highest BCUT2D eigenvalue weighted by Crippen LogP contribution is 2.26. The predicted molar refractivity (Wildman–Crippen MR) is 82.9 cm³/mol. The highest BCUT2D eigenvalue weighted by molar-refractivity contribution is 5.66. The normalized spacial score (nSPS) is 19.0. The van der Waals surface area contributed by atoms with Crippen molar-refractivity contribution in [3.63, 3.8) is 0 Å². The van der Waals surface area contributed by atoms with E-state index in [0.29, 0.717) is 18.7 Å². The van der Waals surface area contributed by atoms with Crippen LogP contribution in [0.3, 0.4) is 0 Å². The summed E-state index contributed by atoms with van der Waals surface area (Å²) in [7, 11) is 0. The Bertz CT molecular complexity index is 675. The summed E-state index contributed by atoms with van der Waals surface area (Å²) in [6, 6.07) is 13.6. The number of rotatable bonds is 4. The molecule has 114 valence electrons. The summed E-state index contributed by atoms with van der Waals surface area (Å²) in [6.07, 6.45) is 0.0995. The molecule has 1 aliphatic rings. The molecule has 0 unspecified atom stereocenters. The number of nitriles is 1. The third kappa shape index (κ3) is 3.20. The topological polar surface area (TPSA) is 75.4 Å². The fourth-order valence-electron chi connectivity index (χ4n) is 2.69. The summed E-state index contributed by atoms with van der Waals surface area (Å²) in [5.41, 5.74) is 7.12. The molecule has 0 amide bonds. The van der Waals surface area contributed by atoms with Gasteiger partial charge in [-0.25, -0.2) is 0 Å². The van der Waals surface area contributed by atoms with Gasteiger partial charge >= 0.3 is 0 Å². The SMILES string of the molecule is N#Cc1ccccc1-c1ccc(CN2CCO[C@H](CN)C2)o1. The van der Waals surface area contributed by atoms with Crippen LogP contribution in [0.4, 0.5) is 0 Å². The van der Waals surface area contributed by atoms with Gasteiger partial charge < -0.3 is 14.9 Å². The summed E-state index contributed by atoms with van der Waals surface area (Å²) in [6.45, 7) is 3.67. The van der Waals surface area contributed by atoms with E-state index in [4.69, 9.17) is 14.9 Å². The Kier molecular flexibility index (Phi) is 4.54. The molecule has 5 nitrogen and oxygen atoms in total. The van der Waals surface area contributed by atoms with Gasteiger partial charge in [-0.3, -0.25) is 4.90 Å². The molecule has 2 aromatic rings. The second-order valence-corrected chi connectivity index (χ2v) is 5.39. The lowest BCUT2D eigenvalue weighted by Crippen LogP contribution is -2.45. The van der Waals surface area contributed by atoms with E-state index in [1.54, 1.807) is 6.07 Å². The fourth-order valence-corrected chi connectivity index (χ4v) is 2.69. The van der Waals surface area contributed by atoms with Gasteiger partial charge in [0.2, 0.25) is 0 Å². The number of nitrogens with zero attached hydrogens (tertiary/aromatic N) is 2. The van der Waals surface area contributed by atoms with Gasteiger partial charge in [0.25, 0.3) is 0 Å². The van der Waals surface area contributed by atoms with Crippen molar-refractivity contribution in [2.45, 2.75) is 12.6 Å². The summed E-state index contributed by atoms with van der Waals surface area (Å²) >= 11 is 0. The van der Waals surface area contributed by atoms with E-state index in [-0.39, 0.29) is 6.10 Å². The Labute approximate surface area is 129 Å². The van der Waals surface area contributed by atoms with Crippen molar-refractivity contribution >= 4 is 0 Å². The van der Waals surface area contributed by atoms with E-state index in [1.165, 1.54) is 0 Å². The molecule has 2 N–H and O–H groups in total. The number of ether oxygens (including phenoxy) is 1. The largest absolute Gasteiger partial charge is 0.460 e. The molecule has 0 aliphatic carbocycles. The molecule has 1 aromatic heterocycles. The van der Waals surface area contributed by atoms with Gasteiger partial charge in [0, 0.05) is 25.2 Å². The zero-order chi connectivity index (χ0) is 15.4. The van der Waals surface area contributed by atoms with Crippen LogP contribution in [-0.2, 0) is 11.3 Å². The van der Waals surface area contributed by atoms with Crippen molar-refractivity contribution in [2.24, 2.45) is 5.73 Å². The molecule has 1 saturated heterocycles. The molecule has 2 heterocycles. The number of nitrogens with two attached hydrogens (primary N) is 1. The summed E-state index contributed by atoms with van der Waals surface area (Å²) in [4.78, 5) is 2.28. The number of benzene rings is 1. The summed E-state index contributed by atoms with van der Waals surface area (Å²) in [5.74, 6) is 1.62. The lowest BCUT2D eigenvalue weighted by Gasteiger charge is -2.31. The molecule has 0 spiro atoms. The number of hydrogen-bond acceptors (Lipinski definition) is 5. The van der Waals surface area contributed by atoms with Gasteiger partial charge in [-0.05, 0) is 24.3 Å². The Morgan fingerprint density at radius 2 is 2.14 bits per heavy atom. The maximum Gasteiger partial charge on any atom is 0.135 e. The lowest BCUT2D eigenvalue weighted by atomic mass is 10.1. The van der Waals surface area contributed by atoms with E-state index < -0.39 is 0 Å². The van der Waals surface area contributed by atoms with E-state index in [2.05, 4.69) is 11.0 Å². The first-order chi connectivity index (χ1) is 10.8. The average Bonchev–Trinajstić information content (AvgIpc) is 3.03. The summed E-state index contributed by atoms with van der Waals surface area (Å²) in [5, 5.41) is 9.18. The Morgan fingerprint density at radius 3 is 2.95 bits per heavy atom. The van der Waals surface area contributed by atoms with Crippen LogP contribution in [0, 0.1) is 11.3 Å². The van der Waals surface area contributed by atoms with Crippen LogP contribution in [0.2, 0.25) is 0 Å². The summed E-state index contributed by atoms with van der Waals surface area (Å²) < 4.78 is 11.5. The molecule has 0 bridgehead atoms. The average molecular weight is 297 g/mol. The zero-order valence-electron chi connectivity index (χ0n) is 12.4. The minimum absolute atomic E-state index is 0.0995. The van der Waals surface area contributed by atoms with Crippen LogP contribution in [0.5, 0.6) is 0 Å². The molecule has 0 saturated carbocycles. The second kappa shape index (κ2) is 6.75. The molecule has 1 aliphatic heterocycles. The standard InChI is InChI=1S/C17H19N3O2/c18-9-13-3-1-2-4-16(13)17-6-5-14(22-17)11-20-7-8-21-15(10-19)12-20/h1-6,15H,7-8,10-12,19H2/t15-/m1/s1. The molecule has 3 rings (SSSR count). The van der Waals surface area contributed by atoms with E-state index in [9.17, 15) is 5.26 Å². The van der Waals surface area contributed by atoms with E-state index in [0.717, 1.165) is 36.7 Å². The van der Waals surface area contributed by atoms with Crippen LogP contribution in [-0.4, -0.2) is 37.2 Å². The molecule has 1 aromatic carbocycles. The maximum atomic E-state index is 9.18. The lowest BCUT2D eigenvalue weighted by molar-refractivity contribution is -0.0278. The molecule has 1 atom stereocenters.